The molecular weight excluding hydrogens is 332 g/mol. The van der Waals surface area contributed by atoms with E-state index in [1.807, 2.05) is 18.2 Å². The van der Waals surface area contributed by atoms with Crippen molar-refractivity contribution in [1.82, 2.24) is 9.62 Å². The van der Waals surface area contributed by atoms with Gasteiger partial charge in [-0.1, -0.05) is 6.07 Å². The molecule has 0 bridgehead atoms. The van der Waals surface area contributed by atoms with Crippen LogP contribution in [0.3, 0.4) is 0 Å². The molecule has 0 heterocycles. The molecule has 0 unspecified atom stereocenters. The number of ether oxygens (including phenoxy) is 1. The number of nitrogens with one attached hydrogen (secondary N) is 1. The Balaban J connectivity index is 2.44. The smallest absolute Gasteiger partial charge is 0.214 e. The van der Waals surface area contributed by atoms with Crippen molar-refractivity contribution in [2.75, 3.05) is 33.5 Å². The van der Waals surface area contributed by atoms with Crippen LogP contribution in [0, 0.1) is 0 Å². The van der Waals surface area contributed by atoms with Crippen molar-refractivity contribution in [3.63, 3.8) is 0 Å². The Bertz CT molecular complexity index is 518. The first-order valence-electron chi connectivity index (χ1n) is 5.80. The lowest BCUT2D eigenvalue weighted by Gasteiger charge is -2.12. The first kappa shape index (κ1) is 16.4. The summed E-state index contributed by atoms with van der Waals surface area (Å²) in [6.07, 6.45) is 0. The molecule has 1 N–H and O–H groups in total. The molecule has 5 nitrogen and oxygen atoms in total. The maximum atomic E-state index is 11.5. The van der Waals surface area contributed by atoms with Gasteiger partial charge in [-0.3, -0.25) is 0 Å². The molecule has 0 atom stereocenters. The minimum atomic E-state index is -3.13. The quantitative estimate of drug-likeness (QED) is 0.756. The van der Waals surface area contributed by atoms with E-state index in [4.69, 9.17) is 4.74 Å². The molecule has 108 valence electrons. The summed E-state index contributed by atoms with van der Waals surface area (Å²) in [6, 6.07) is 5.76. The molecule has 0 aliphatic heterocycles. The highest BCUT2D eigenvalue weighted by molar-refractivity contribution is 9.10. The summed E-state index contributed by atoms with van der Waals surface area (Å²) in [7, 11) is 1.56. The molecule has 1 rings (SSSR count). The number of sulfonamides is 1. The third-order valence-corrected chi connectivity index (χ3v) is 5.09. The van der Waals surface area contributed by atoms with Gasteiger partial charge in [0.2, 0.25) is 10.0 Å². The molecular formula is C12H19BrN2O3S. The van der Waals surface area contributed by atoms with E-state index in [-0.39, 0.29) is 5.75 Å². The van der Waals surface area contributed by atoms with Gasteiger partial charge in [-0.05, 0) is 33.6 Å². The molecule has 0 aliphatic carbocycles. The zero-order chi connectivity index (χ0) is 14.5. The van der Waals surface area contributed by atoms with Crippen LogP contribution in [-0.4, -0.2) is 46.2 Å². The van der Waals surface area contributed by atoms with Crippen LogP contribution in [0.25, 0.3) is 0 Å². The van der Waals surface area contributed by atoms with Gasteiger partial charge in [0, 0.05) is 27.2 Å². The van der Waals surface area contributed by atoms with Gasteiger partial charge in [0.25, 0.3) is 0 Å². The SMILES string of the molecule is COc1ccc(CNCCS(=O)(=O)N(C)C)cc1Br. The normalized spacial score (nSPS) is 11.8. The zero-order valence-electron chi connectivity index (χ0n) is 11.3. The Kier molecular flexibility index (Phi) is 6.25. The van der Waals surface area contributed by atoms with E-state index in [9.17, 15) is 8.42 Å². The van der Waals surface area contributed by atoms with Crippen LogP contribution in [0.15, 0.2) is 22.7 Å². The largest absolute Gasteiger partial charge is 0.496 e. The molecule has 0 aromatic heterocycles. The van der Waals surface area contributed by atoms with E-state index in [1.54, 1.807) is 7.11 Å². The fourth-order valence-corrected chi connectivity index (χ4v) is 2.79. The van der Waals surface area contributed by atoms with Crippen molar-refractivity contribution < 1.29 is 13.2 Å². The summed E-state index contributed by atoms with van der Waals surface area (Å²) >= 11 is 3.41. The predicted molar refractivity (Wildman–Crippen MR) is 79.9 cm³/mol. The third kappa shape index (κ3) is 5.10. The van der Waals surface area contributed by atoms with Gasteiger partial charge >= 0.3 is 0 Å². The monoisotopic (exact) mass is 350 g/mol. The predicted octanol–water partition coefficient (Wildman–Crippen LogP) is 1.44. The molecule has 0 amide bonds. The van der Waals surface area contributed by atoms with Gasteiger partial charge in [-0.2, -0.15) is 0 Å². The summed E-state index contributed by atoms with van der Waals surface area (Å²) < 4.78 is 30.3. The van der Waals surface area contributed by atoms with E-state index >= 15 is 0 Å². The van der Waals surface area contributed by atoms with Gasteiger partial charge in [0.15, 0.2) is 0 Å². The maximum Gasteiger partial charge on any atom is 0.214 e. The average Bonchev–Trinajstić information content (AvgIpc) is 2.34. The van der Waals surface area contributed by atoms with E-state index in [0.717, 1.165) is 15.8 Å². The molecule has 7 heteroatoms. The number of halogens is 1. The minimum absolute atomic E-state index is 0.0946. The molecule has 1 aromatic rings. The third-order valence-electron chi connectivity index (χ3n) is 2.64. The molecule has 0 aliphatic rings. The highest BCUT2D eigenvalue weighted by Crippen LogP contribution is 2.25. The van der Waals surface area contributed by atoms with E-state index in [1.165, 1.54) is 18.4 Å². The molecule has 0 saturated heterocycles. The number of rotatable bonds is 7. The van der Waals surface area contributed by atoms with E-state index in [0.29, 0.717) is 13.1 Å². The second-order valence-electron chi connectivity index (χ2n) is 4.24. The van der Waals surface area contributed by atoms with E-state index < -0.39 is 10.0 Å². The first-order valence-corrected chi connectivity index (χ1v) is 8.20. The van der Waals surface area contributed by atoms with Crippen molar-refractivity contribution in [3.05, 3.63) is 28.2 Å². The zero-order valence-corrected chi connectivity index (χ0v) is 13.7. The molecule has 19 heavy (non-hydrogen) atoms. The van der Waals surface area contributed by atoms with Crippen molar-refractivity contribution in [3.8, 4) is 5.75 Å². The van der Waals surface area contributed by atoms with Crippen molar-refractivity contribution in [1.29, 1.82) is 0 Å². The van der Waals surface area contributed by atoms with Crippen LogP contribution in [0.2, 0.25) is 0 Å². The topological polar surface area (TPSA) is 58.6 Å². The Hall–Kier alpha value is -0.630. The Morgan fingerprint density at radius 3 is 2.58 bits per heavy atom. The molecule has 0 fully saturated rings. The highest BCUT2D eigenvalue weighted by Gasteiger charge is 2.12. The van der Waals surface area contributed by atoms with Gasteiger partial charge in [0.05, 0.1) is 17.3 Å². The van der Waals surface area contributed by atoms with Crippen molar-refractivity contribution in [2.24, 2.45) is 0 Å². The molecule has 0 radical (unpaired) electrons. The van der Waals surface area contributed by atoms with Crippen LogP contribution in [0.5, 0.6) is 5.75 Å². The number of benzene rings is 1. The Labute approximate surface area is 123 Å². The van der Waals surface area contributed by atoms with Gasteiger partial charge in [-0.15, -0.1) is 0 Å². The second-order valence-corrected chi connectivity index (χ2v) is 7.40. The Morgan fingerprint density at radius 2 is 2.05 bits per heavy atom. The van der Waals surface area contributed by atoms with Crippen molar-refractivity contribution in [2.45, 2.75) is 6.54 Å². The number of methoxy groups -OCH3 is 1. The fraction of sp³-hybridized carbons (Fsp3) is 0.500. The number of hydrogen-bond donors (Lipinski definition) is 1. The molecule has 0 saturated carbocycles. The van der Waals surface area contributed by atoms with Crippen molar-refractivity contribution >= 4 is 26.0 Å². The van der Waals surface area contributed by atoms with Crippen LogP contribution >= 0.6 is 15.9 Å². The van der Waals surface area contributed by atoms with E-state index in [2.05, 4.69) is 21.2 Å². The summed E-state index contributed by atoms with van der Waals surface area (Å²) in [6.45, 7) is 1.04. The number of nitrogens with zero attached hydrogens (tertiary/aromatic N) is 1. The van der Waals surface area contributed by atoms with Crippen LogP contribution in [0.1, 0.15) is 5.56 Å². The summed E-state index contributed by atoms with van der Waals surface area (Å²) in [4.78, 5) is 0. The van der Waals surface area contributed by atoms with Crippen LogP contribution in [0.4, 0.5) is 0 Å². The second kappa shape index (κ2) is 7.23. The number of hydrogen-bond acceptors (Lipinski definition) is 4. The minimum Gasteiger partial charge on any atom is -0.496 e. The fourth-order valence-electron chi connectivity index (χ4n) is 1.44. The maximum absolute atomic E-state index is 11.5. The highest BCUT2D eigenvalue weighted by atomic mass is 79.9. The lowest BCUT2D eigenvalue weighted by Crippen LogP contribution is -2.31. The Morgan fingerprint density at radius 1 is 1.37 bits per heavy atom. The first-order chi connectivity index (χ1) is 8.86. The van der Waals surface area contributed by atoms with Gasteiger partial charge in [-0.25, -0.2) is 12.7 Å². The lowest BCUT2D eigenvalue weighted by atomic mass is 10.2. The summed E-state index contributed by atoms with van der Waals surface area (Å²) in [5, 5.41) is 3.11. The van der Waals surface area contributed by atoms with Gasteiger partial charge in [0.1, 0.15) is 5.75 Å². The van der Waals surface area contributed by atoms with Crippen LogP contribution < -0.4 is 10.1 Å². The lowest BCUT2D eigenvalue weighted by molar-refractivity contribution is 0.412. The molecule has 1 aromatic carbocycles. The summed E-state index contributed by atoms with van der Waals surface area (Å²) in [5.74, 6) is 0.871. The average molecular weight is 351 g/mol. The standard InChI is InChI=1S/C12H19BrN2O3S/c1-15(2)19(16,17)7-6-14-9-10-4-5-12(18-3)11(13)8-10/h4-5,8,14H,6-7,9H2,1-3H3. The molecule has 0 spiro atoms. The summed E-state index contributed by atoms with van der Waals surface area (Å²) in [5.41, 5.74) is 1.06. The van der Waals surface area contributed by atoms with Gasteiger partial charge < -0.3 is 10.1 Å². The van der Waals surface area contributed by atoms with Crippen LogP contribution in [-0.2, 0) is 16.6 Å².